The van der Waals surface area contributed by atoms with Gasteiger partial charge < -0.3 is 15.6 Å². The third-order valence-corrected chi connectivity index (χ3v) is 6.63. The van der Waals surface area contributed by atoms with Crippen molar-refractivity contribution in [1.82, 2.24) is 20.2 Å². The molecular weight excluding hydrogens is 495 g/mol. The number of rotatable bonds is 4. The molecule has 3 aromatic rings. The van der Waals surface area contributed by atoms with Gasteiger partial charge in [0.05, 0.1) is 15.7 Å². The number of aromatic nitrogens is 3. The second-order valence-corrected chi connectivity index (χ2v) is 9.11. The molecule has 1 atom stereocenters. The van der Waals surface area contributed by atoms with Crippen molar-refractivity contribution < 1.29 is 9.84 Å². The molecule has 1 saturated carbocycles. The van der Waals surface area contributed by atoms with E-state index in [1.54, 1.807) is 6.08 Å². The van der Waals surface area contributed by atoms with Gasteiger partial charge in [-0.1, -0.05) is 53.5 Å². The summed E-state index contributed by atoms with van der Waals surface area (Å²) in [7, 11) is 0. The largest absolute Gasteiger partial charge is 0.434 e. The third kappa shape index (κ3) is 4.55. The average molecular weight is 515 g/mol. The molecular formula is C23H20Cl2N6O4. The topological polar surface area (TPSA) is 148 Å². The molecule has 12 heteroatoms. The minimum Gasteiger partial charge on any atom is -0.434 e. The first kappa shape index (κ1) is 23.2. The molecule has 0 amide bonds. The van der Waals surface area contributed by atoms with Gasteiger partial charge in [0.2, 0.25) is 11.7 Å². The van der Waals surface area contributed by atoms with Gasteiger partial charge in [-0.2, -0.15) is 4.68 Å². The predicted molar refractivity (Wildman–Crippen MR) is 132 cm³/mol. The minimum atomic E-state index is -0.916. The van der Waals surface area contributed by atoms with Crippen LogP contribution in [0.5, 0.6) is 5.75 Å². The number of aliphatic hydroxyl groups is 1. The Hall–Kier alpha value is -3.60. The maximum absolute atomic E-state index is 12.1. The van der Waals surface area contributed by atoms with E-state index < -0.39 is 17.5 Å². The molecule has 1 aliphatic carbocycles. The van der Waals surface area contributed by atoms with E-state index in [0.29, 0.717) is 5.92 Å². The van der Waals surface area contributed by atoms with Crippen molar-refractivity contribution in [1.29, 1.82) is 0 Å². The lowest BCUT2D eigenvalue weighted by molar-refractivity contribution is 0.139. The molecule has 5 rings (SSSR count). The molecule has 0 spiro atoms. The van der Waals surface area contributed by atoms with E-state index >= 15 is 0 Å². The van der Waals surface area contributed by atoms with Crippen LogP contribution in [0, 0.1) is 5.92 Å². The standard InChI is InChI=1S/C23H20Cl2N6O4/c24-16-8-14(31-23(34)27-22(33)20(26)30-31)9-17(25)19(16)35-18-10-15(21(32)29-28-18)13-6-12(7-13)11-4-2-1-3-5-11/h1-5,8-10,12-13,21,29,32H,6-7H2,(H2,26,30)(H,27,33,34)/t12-,13+,21?. The fourth-order valence-electron chi connectivity index (χ4n) is 4.19. The molecule has 1 fully saturated rings. The Morgan fingerprint density at radius 1 is 1.09 bits per heavy atom. The quantitative estimate of drug-likeness (QED) is 0.418. The highest BCUT2D eigenvalue weighted by Gasteiger charge is 2.36. The molecule has 1 aliphatic heterocycles. The van der Waals surface area contributed by atoms with Crippen LogP contribution in [0.25, 0.3) is 5.69 Å². The fraction of sp³-hybridized carbons (Fsp3) is 0.217. The summed E-state index contributed by atoms with van der Waals surface area (Å²) in [5, 5.41) is 18.4. The van der Waals surface area contributed by atoms with Gasteiger partial charge in [0.15, 0.2) is 12.0 Å². The van der Waals surface area contributed by atoms with Gasteiger partial charge in [0.25, 0.3) is 5.56 Å². The molecule has 35 heavy (non-hydrogen) atoms. The van der Waals surface area contributed by atoms with E-state index in [9.17, 15) is 14.7 Å². The second-order valence-electron chi connectivity index (χ2n) is 8.30. The maximum Gasteiger partial charge on any atom is 0.349 e. The van der Waals surface area contributed by atoms with E-state index in [4.69, 9.17) is 33.7 Å². The number of nitrogens with two attached hydrogens (primary N) is 1. The van der Waals surface area contributed by atoms with Crippen molar-refractivity contribution in [3.8, 4) is 11.4 Å². The lowest BCUT2D eigenvalue weighted by Gasteiger charge is -2.39. The van der Waals surface area contributed by atoms with Crippen LogP contribution in [0.3, 0.4) is 0 Å². The number of hydrogen-bond acceptors (Lipinski definition) is 8. The number of anilines is 1. The Bertz CT molecular complexity index is 1440. The Labute approximate surface area is 208 Å². The van der Waals surface area contributed by atoms with Gasteiger partial charge in [0, 0.05) is 6.08 Å². The highest BCUT2D eigenvalue weighted by Crippen LogP contribution is 2.46. The minimum absolute atomic E-state index is 0.0718. The molecule has 2 aromatic carbocycles. The van der Waals surface area contributed by atoms with Crippen LogP contribution in [0.1, 0.15) is 24.3 Å². The van der Waals surface area contributed by atoms with Crippen molar-refractivity contribution in [2.75, 3.05) is 5.73 Å². The highest BCUT2D eigenvalue weighted by atomic mass is 35.5. The van der Waals surface area contributed by atoms with Crippen LogP contribution in [-0.2, 0) is 0 Å². The van der Waals surface area contributed by atoms with Gasteiger partial charge in [0.1, 0.15) is 0 Å². The van der Waals surface area contributed by atoms with Gasteiger partial charge in [-0.05, 0) is 47.9 Å². The summed E-state index contributed by atoms with van der Waals surface area (Å²) in [4.78, 5) is 25.6. The molecule has 2 heterocycles. The number of hydrazone groups is 1. The highest BCUT2D eigenvalue weighted by molar-refractivity contribution is 6.37. The summed E-state index contributed by atoms with van der Waals surface area (Å²) in [6.45, 7) is 0. The average Bonchev–Trinajstić information content (AvgIpc) is 2.80. The first-order chi connectivity index (χ1) is 16.8. The van der Waals surface area contributed by atoms with Crippen molar-refractivity contribution in [3.05, 3.63) is 90.6 Å². The van der Waals surface area contributed by atoms with Crippen LogP contribution >= 0.6 is 23.2 Å². The monoisotopic (exact) mass is 514 g/mol. The zero-order valence-electron chi connectivity index (χ0n) is 18.1. The lowest BCUT2D eigenvalue weighted by Crippen LogP contribution is -2.39. The Kier molecular flexibility index (Phi) is 6.10. The van der Waals surface area contributed by atoms with Crippen LogP contribution < -0.4 is 27.1 Å². The van der Waals surface area contributed by atoms with E-state index in [1.165, 1.54) is 17.7 Å². The molecule has 10 nitrogen and oxygen atoms in total. The van der Waals surface area contributed by atoms with E-state index in [0.717, 1.165) is 23.1 Å². The number of ether oxygens (including phenoxy) is 1. The van der Waals surface area contributed by atoms with Crippen molar-refractivity contribution >= 4 is 34.9 Å². The zero-order valence-corrected chi connectivity index (χ0v) is 19.6. The van der Waals surface area contributed by atoms with Gasteiger partial charge in [-0.25, -0.2) is 4.79 Å². The molecule has 0 bridgehead atoms. The first-order valence-electron chi connectivity index (χ1n) is 10.7. The van der Waals surface area contributed by atoms with Crippen molar-refractivity contribution in [3.63, 3.8) is 0 Å². The third-order valence-electron chi connectivity index (χ3n) is 6.07. The van der Waals surface area contributed by atoms with E-state index in [-0.39, 0.29) is 39.1 Å². The summed E-state index contributed by atoms with van der Waals surface area (Å²) >= 11 is 12.8. The number of H-pyrrole nitrogens is 1. The number of benzene rings is 2. The summed E-state index contributed by atoms with van der Waals surface area (Å²) < 4.78 is 6.70. The number of nitrogen functional groups attached to an aromatic ring is 1. The summed E-state index contributed by atoms with van der Waals surface area (Å²) in [5.41, 5.74) is 8.80. The number of aromatic amines is 1. The molecule has 180 valence electrons. The van der Waals surface area contributed by atoms with Crippen LogP contribution in [0.4, 0.5) is 5.82 Å². The van der Waals surface area contributed by atoms with Gasteiger partial charge >= 0.3 is 5.69 Å². The van der Waals surface area contributed by atoms with Gasteiger partial charge in [-0.15, -0.1) is 10.2 Å². The number of halogens is 2. The lowest BCUT2D eigenvalue weighted by atomic mass is 9.67. The number of nitrogens with zero attached hydrogens (tertiary/aromatic N) is 3. The molecule has 2 aliphatic rings. The molecule has 5 N–H and O–H groups in total. The summed E-state index contributed by atoms with van der Waals surface area (Å²) in [5.74, 6) is 0.502. The maximum atomic E-state index is 12.1. The Morgan fingerprint density at radius 2 is 1.77 bits per heavy atom. The molecule has 0 radical (unpaired) electrons. The van der Waals surface area contributed by atoms with Crippen LogP contribution in [0.15, 0.2) is 68.8 Å². The zero-order chi connectivity index (χ0) is 24.7. The Morgan fingerprint density at radius 3 is 2.46 bits per heavy atom. The molecule has 1 aromatic heterocycles. The summed E-state index contributed by atoms with van der Waals surface area (Å²) in [6, 6.07) is 13.0. The number of hydrogen-bond donors (Lipinski definition) is 4. The Balaban J connectivity index is 1.35. The normalized spacial score (nSPS) is 21.4. The number of nitrogens with one attached hydrogen (secondary N) is 2. The van der Waals surface area contributed by atoms with Crippen LogP contribution in [-0.4, -0.2) is 32.0 Å². The first-order valence-corrected chi connectivity index (χ1v) is 11.5. The summed E-state index contributed by atoms with van der Waals surface area (Å²) in [6.07, 6.45) is 2.58. The van der Waals surface area contributed by atoms with E-state index in [2.05, 4.69) is 32.7 Å². The van der Waals surface area contributed by atoms with Crippen molar-refractivity contribution in [2.45, 2.75) is 25.0 Å². The second kappa shape index (κ2) is 9.21. The van der Waals surface area contributed by atoms with E-state index in [1.807, 2.05) is 18.2 Å². The van der Waals surface area contributed by atoms with Crippen LogP contribution in [0.2, 0.25) is 10.0 Å². The smallest absolute Gasteiger partial charge is 0.349 e. The SMILES string of the molecule is Nc1nn(-c2cc(Cl)c(OC3=NNC(O)C([C@H]4C[C@@H](c5ccccc5)C4)=C3)c(Cl)c2)c(=O)[nH]c1=O. The fourth-order valence-corrected chi connectivity index (χ4v) is 4.75. The molecule has 1 unspecified atom stereocenters. The molecule has 0 saturated heterocycles. The predicted octanol–water partition coefficient (Wildman–Crippen LogP) is 2.54. The number of aliphatic hydroxyl groups excluding tert-OH is 1. The van der Waals surface area contributed by atoms with Gasteiger partial charge in [-0.3, -0.25) is 15.2 Å². The van der Waals surface area contributed by atoms with Crippen molar-refractivity contribution in [2.24, 2.45) is 11.0 Å².